The summed E-state index contributed by atoms with van der Waals surface area (Å²) >= 11 is 5.74. The molecule has 6 heteroatoms. The van der Waals surface area contributed by atoms with Gasteiger partial charge in [-0.05, 0) is 36.8 Å². The second-order valence-electron chi connectivity index (χ2n) is 5.93. The highest BCUT2D eigenvalue weighted by molar-refractivity contribution is 6.29. The van der Waals surface area contributed by atoms with Gasteiger partial charge < -0.3 is 5.73 Å². The third-order valence-electron chi connectivity index (χ3n) is 3.33. The van der Waals surface area contributed by atoms with Crippen molar-refractivity contribution in [3.05, 3.63) is 17.4 Å². The van der Waals surface area contributed by atoms with Crippen LogP contribution in [0.25, 0.3) is 0 Å². The highest BCUT2D eigenvalue weighted by Crippen LogP contribution is 2.32. The highest BCUT2D eigenvalue weighted by Gasteiger charge is 2.24. The molecule has 0 fully saturated rings. The first-order valence-corrected chi connectivity index (χ1v) is 7.19. The van der Waals surface area contributed by atoms with Crippen LogP contribution in [0.2, 0.25) is 5.15 Å². The average Bonchev–Trinajstić information content (AvgIpc) is 2.33. The second kappa shape index (κ2) is 7.55. The van der Waals surface area contributed by atoms with Crippen LogP contribution in [0.5, 0.6) is 0 Å². The number of hydrogen-bond donors (Lipinski definition) is 2. The van der Waals surface area contributed by atoms with Gasteiger partial charge in [-0.15, -0.1) is 0 Å². The van der Waals surface area contributed by atoms with E-state index in [0.717, 1.165) is 12.8 Å². The van der Waals surface area contributed by atoms with Crippen molar-refractivity contribution < 1.29 is 4.79 Å². The third kappa shape index (κ3) is 5.84. The van der Waals surface area contributed by atoms with Gasteiger partial charge in [-0.2, -0.15) is 0 Å². The molecule has 0 aliphatic rings. The van der Waals surface area contributed by atoms with Gasteiger partial charge in [0.1, 0.15) is 5.15 Å². The number of hydrogen-bond acceptors (Lipinski definition) is 4. The maximum atomic E-state index is 11.9. The maximum absolute atomic E-state index is 11.9. The zero-order valence-corrected chi connectivity index (χ0v) is 13.1. The lowest BCUT2D eigenvalue weighted by Gasteiger charge is -2.30. The van der Waals surface area contributed by atoms with E-state index >= 15 is 0 Å². The van der Waals surface area contributed by atoms with Gasteiger partial charge in [0.05, 0.1) is 0 Å². The Morgan fingerprint density at radius 3 is 2.70 bits per heavy atom. The smallest absolute Gasteiger partial charge is 0.230 e. The molecule has 0 spiro atoms. The summed E-state index contributed by atoms with van der Waals surface area (Å²) in [6, 6.07) is 1.56. The van der Waals surface area contributed by atoms with Crippen molar-refractivity contribution in [2.24, 2.45) is 17.1 Å². The lowest BCUT2D eigenvalue weighted by molar-refractivity contribution is -0.116. The van der Waals surface area contributed by atoms with E-state index in [4.69, 9.17) is 17.3 Å². The number of anilines is 1. The van der Waals surface area contributed by atoms with E-state index in [9.17, 15) is 4.79 Å². The van der Waals surface area contributed by atoms with E-state index in [2.05, 4.69) is 36.1 Å². The molecule has 0 aliphatic heterocycles. The van der Waals surface area contributed by atoms with Crippen LogP contribution in [0.15, 0.2) is 12.3 Å². The maximum Gasteiger partial charge on any atom is 0.230 e. The van der Waals surface area contributed by atoms with Crippen LogP contribution in [0.3, 0.4) is 0 Å². The fourth-order valence-corrected chi connectivity index (χ4v) is 2.24. The lowest BCUT2D eigenvalue weighted by atomic mass is 9.76. The molecule has 112 valence electrons. The molecule has 1 atom stereocenters. The number of nitrogens with zero attached hydrogens (tertiary/aromatic N) is 2. The highest BCUT2D eigenvalue weighted by atomic mass is 35.5. The SMILES string of the molecule is CC(C)(C)C(CCN)CCC(=O)Nc1nccc(Cl)n1. The minimum absolute atomic E-state index is 0.0986. The fourth-order valence-electron chi connectivity index (χ4n) is 2.10. The minimum atomic E-state index is -0.0986. The molecule has 1 unspecified atom stereocenters. The lowest BCUT2D eigenvalue weighted by Crippen LogP contribution is -2.25. The van der Waals surface area contributed by atoms with Crippen molar-refractivity contribution in [2.75, 3.05) is 11.9 Å². The van der Waals surface area contributed by atoms with Crippen molar-refractivity contribution >= 4 is 23.5 Å². The third-order valence-corrected chi connectivity index (χ3v) is 3.54. The van der Waals surface area contributed by atoms with E-state index in [1.807, 2.05) is 0 Å². The molecule has 0 aromatic carbocycles. The number of nitrogens with one attached hydrogen (secondary N) is 1. The number of aromatic nitrogens is 2. The van der Waals surface area contributed by atoms with Crippen LogP contribution in [0.1, 0.15) is 40.0 Å². The van der Waals surface area contributed by atoms with Gasteiger partial charge >= 0.3 is 0 Å². The summed E-state index contributed by atoms with van der Waals surface area (Å²) in [4.78, 5) is 19.8. The van der Waals surface area contributed by atoms with Gasteiger partial charge in [-0.25, -0.2) is 9.97 Å². The molecule has 1 heterocycles. The summed E-state index contributed by atoms with van der Waals surface area (Å²) in [5, 5.41) is 2.97. The molecule has 1 aromatic rings. The summed E-state index contributed by atoms with van der Waals surface area (Å²) < 4.78 is 0. The number of halogens is 1. The zero-order chi connectivity index (χ0) is 15.2. The minimum Gasteiger partial charge on any atom is -0.330 e. The molecule has 0 saturated heterocycles. The average molecular weight is 299 g/mol. The molecule has 1 amide bonds. The van der Waals surface area contributed by atoms with E-state index in [-0.39, 0.29) is 17.3 Å². The van der Waals surface area contributed by atoms with Gasteiger partial charge in [0.25, 0.3) is 0 Å². The molecule has 1 rings (SSSR count). The van der Waals surface area contributed by atoms with E-state index in [1.54, 1.807) is 6.07 Å². The predicted octanol–water partition coefficient (Wildman–Crippen LogP) is 2.86. The summed E-state index contributed by atoms with van der Waals surface area (Å²) in [6.07, 6.45) is 3.66. The number of carbonyl (C=O) groups excluding carboxylic acids is 1. The van der Waals surface area contributed by atoms with Crippen molar-refractivity contribution in [3.63, 3.8) is 0 Å². The van der Waals surface area contributed by atoms with Crippen LogP contribution in [0, 0.1) is 11.3 Å². The number of amides is 1. The Morgan fingerprint density at radius 1 is 1.45 bits per heavy atom. The van der Waals surface area contributed by atoms with E-state index < -0.39 is 0 Å². The van der Waals surface area contributed by atoms with Crippen molar-refractivity contribution in [1.29, 1.82) is 0 Å². The van der Waals surface area contributed by atoms with Gasteiger partial charge in [0.15, 0.2) is 0 Å². The standard InChI is InChI=1S/C14H23ClN4O/c1-14(2,3)10(6-8-16)4-5-12(20)19-13-17-9-7-11(15)18-13/h7,9-10H,4-6,8,16H2,1-3H3,(H,17,18,19,20). The van der Waals surface area contributed by atoms with Gasteiger partial charge in [0, 0.05) is 12.6 Å². The molecule has 20 heavy (non-hydrogen) atoms. The van der Waals surface area contributed by atoms with Gasteiger partial charge in [0.2, 0.25) is 11.9 Å². The van der Waals surface area contributed by atoms with Crippen LogP contribution < -0.4 is 11.1 Å². The van der Waals surface area contributed by atoms with Gasteiger partial charge in [-0.1, -0.05) is 32.4 Å². The largest absolute Gasteiger partial charge is 0.330 e. The monoisotopic (exact) mass is 298 g/mol. The number of carbonyl (C=O) groups is 1. The Morgan fingerprint density at radius 2 is 2.15 bits per heavy atom. The zero-order valence-electron chi connectivity index (χ0n) is 12.3. The first-order chi connectivity index (χ1) is 9.32. The first-order valence-electron chi connectivity index (χ1n) is 6.81. The summed E-state index contributed by atoms with van der Waals surface area (Å²) in [7, 11) is 0. The van der Waals surface area contributed by atoms with Crippen molar-refractivity contribution in [3.8, 4) is 0 Å². The topological polar surface area (TPSA) is 80.9 Å². The normalized spacial score (nSPS) is 13.1. The summed E-state index contributed by atoms with van der Waals surface area (Å²) in [5.41, 5.74) is 5.78. The number of nitrogens with two attached hydrogens (primary N) is 1. The Balaban J connectivity index is 2.50. The molecule has 5 nitrogen and oxygen atoms in total. The Hall–Kier alpha value is -1.20. The molecular weight excluding hydrogens is 276 g/mol. The molecule has 0 bridgehead atoms. The van der Waals surface area contributed by atoms with Gasteiger partial charge in [-0.3, -0.25) is 10.1 Å². The molecule has 1 aromatic heterocycles. The molecule has 0 aliphatic carbocycles. The van der Waals surface area contributed by atoms with Crippen molar-refractivity contribution in [2.45, 2.75) is 40.0 Å². The number of rotatable bonds is 6. The Labute approximate surface area is 125 Å². The molecular formula is C14H23ClN4O. The summed E-state index contributed by atoms with van der Waals surface area (Å²) in [5.74, 6) is 0.561. The van der Waals surface area contributed by atoms with Crippen LogP contribution in [-0.2, 0) is 4.79 Å². The summed E-state index contributed by atoms with van der Waals surface area (Å²) in [6.45, 7) is 7.16. The quantitative estimate of drug-likeness (QED) is 0.791. The molecule has 0 saturated carbocycles. The van der Waals surface area contributed by atoms with Crippen LogP contribution >= 0.6 is 11.6 Å². The van der Waals surface area contributed by atoms with Crippen molar-refractivity contribution in [1.82, 2.24) is 9.97 Å². The predicted molar refractivity (Wildman–Crippen MR) is 81.5 cm³/mol. The second-order valence-corrected chi connectivity index (χ2v) is 6.32. The Bertz CT molecular complexity index is 445. The molecule has 3 N–H and O–H groups in total. The van der Waals surface area contributed by atoms with E-state index in [1.165, 1.54) is 6.20 Å². The molecule has 0 radical (unpaired) electrons. The fraction of sp³-hybridized carbons (Fsp3) is 0.643. The Kier molecular flexibility index (Phi) is 6.36. The van der Waals surface area contributed by atoms with E-state index in [0.29, 0.717) is 24.0 Å². The van der Waals surface area contributed by atoms with Crippen LogP contribution in [0.4, 0.5) is 5.95 Å². The first kappa shape index (κ1) is 16.9. The van der Waals surface area contributed by atoms with Crippen LogP contribution in [-0.4, -0.2) is 22.4 Å².